The fraction of sp³-hybridized carbons (Fsp3) is 0.611. The predicted octanol–water partition coefficient (Wildman–Crippen LogP) is 3.05. The van der Waals surface area contributed by atoms with Crippen molar-refractivity contribution in [2.24, 2.45) is 0 Å². The highest BCUT2D eigenvalue weighted by Gasteiger charge is 2.45. The van der Waals surface area contributed by atoms with E-state index in [4.69, 9.17) is 16.3 Å². The Morgan fingerprint density at radius 3 is 2.65 bits per heavy atom. The van der Waals surface area contributed by atoms with Crippen molar-refractivity contribution in [3.63, 3.8) is 0 Å². The first kappa shape index (κ1) is 20.1. The van der Waals surface area contributed by atoms with Crippen molar-refractivity contribution in [2.45, 2.75) is 39.7 Å². The van der Waals surface area contributed by atoms with E-state index >= 15 is 0 Å². The summed E-state index contributed by atoms with van der Waals surface area (Å²) in [5, 5.41) is 9.35. The summed E-state index contributed by atoms with van der Waals surface area (Å²) in [5.74, 6) is -0.106. The summed E-state index contributed by atoms with van der Waals surface area (Å²) < 4.78 is 5.48. The lowest BCUT2D eigenvalue weighted by molar-refractivity contribution is -0.130. The van der Waals surface area contributed by atoms with Crippen molar-refractivity contribution >= 4 is 23.2 Å². The van der Waals surface area contributed by atoms with Gasteiger partial charge in [0.2, 0.25) is 0 Å². The Bertz CT molecular complexity index is 521. The van der Waals surface area contributed by atoms with Crippen molar-refractivity contribution < 1.29 is 14.6 Å². The number of aryl methyl sites for hydroxylation is 2. The number of nitrogens with zero attached hydrogens (tertiary/aromatic N) is 1. The highest BCUT2D eigenvalue weighted by atomic mass is 35.5. The molecule has 1 amide bonds. The monoisotopic (exact) mass is 342 g/mol. The van der Waals surface area contributed by atoms with E-state index in [1.807, 2.05) is 26.0 Å². The molecule has 1 aromatic rings. The largest absolute Gasteiger partial charge is 0.396 e. The third-order valence-corrected chi connectivity index (χ3v) is 4.72. The Morgan fingerprint density at radius 1 is 1.43 bits per heavy atom. The quantitative estimate of drug-likeness (QED) is 0.554. The summed E-state index contributed by atoms with van der Waals surface area (Å²) in [4.78, 5) is 13.0. The number of quaternary nitrogens is 1. The van der Waals surface area contributed by atoms with Crippen LogP contribution in [0.5, 0.6) is 0 Å². The van der Waals surface area contributed by atoms with Gasteiger partial charge in [0, 0.05) is 31.3 Å². The van der Waals surface area contributed by atoms with Crippen LogP contribution in [0.3, 0.4) is 0 Å². The van der Waals surface area contributed by atoms with Crippen LogP contribution < -0.4 is 4.48 Å². The summed E-state index contributed by atoms with van der Waals surface area (Å²) in [6.07, 6.45) is 1.37. The average Bonchev–Trinajstić information content (AvgIpc) is 2.56. The van der Waals surface area contributed by atoms with Crippen LogP contribution in [0.15, 0.2) is 18.2 Å². The van der Waals surface area contributed by atoms with Crippen molar-refractivity contribution in [3.8, 4) is 0 Å². The summed E-state index contributed by atoms with van der Waals surface area (Å²) >= 11 is 5.99. The summed E-state index contributed by atoms with van der Waals surface area (Å²) in [7, 11) is 1.64. The summed E-state index contributed by atoms with van der Waals surface area (Å²) in [6, 6.07) is 6.03. The molecule has 0 saturated heterocycles. The van der Waals surface area contributed by atoms with Crippen molar-refractivity contribution in [1.82, 2.24) is 4.48 Å². The Balaban J connectivity index is 3.63. The molecule has 5 heteroatoms. The van der Waals surface area contributed by atoms with E-state index < -0.39 is 0 Å². The first-order valence-corrected chi connectivity index (χ1v) is 8.68. The lowest BCUT2D eigenvalue weighted by Crippen LogP contribution is -2.63. The molecule has 2 unspecified atom stereocenters. The molecular weight excluding hydrogens is 314 g/mol. The number of para-hydroxylation sites is 1. The van der Waals surface area contributed by atoms with Crippen LogP contribution in [0.2, 0.25) is 0 Å². The second-order valence-electron chi connectivity index (χ2n) is 5.94. The van der Waals surface area contributed by atoms with Gasteiger partial charge in [-0.15, -0.1) is 11.6 Å². The number of hydrogen-bond acceptors (Lipinski definition) is 3. The van der Waals surface area contributed by atoms with Gasteiger partial charge in [-0.3, -0.25) is 0 Å². The number of hydrogen-bond donors (Lipinski definition) is 1. The first-order chi connectivity index (χ1) is 11.0. The topological polar surface area (TPSA) is 46.5 Å². The second-order valence-corrected chi connectivity index (χ2v) is 6.20. The molecule has 23 heavy (non-hydrogen) atoms. The standard InChI is InChI=1S/C18H29ClNO3/c1-5-16-9-6-8-14(2)18(16)20(10-7-11-21,17(22)12-19)15(3)13-23-4/h6,8-9,15,21H,5,7,10-13H2,1-4H3/q+1. The number of carbonyl (C=O) groups excluding carboxylic acids is 1. The maximum atomic E-state index is 13.0. The van der Waals surface area contributed by atoms with Crippen LogP contribution in [0.4, 0.5) is 5.69 Å². The zero-order valence-corrected chi connectivity index (χ0v) is 15.4. The molecule has 1 rings (SSSR count). The fourth-order valence-electron chi connectivity index (χ4n) is 3.42. The molecule has 130 valence electrons. The van der Waals surface area contributed by atoms with E-state index in [-0.39, 0.29) is 28.9 Å². The van der Waals surface area contributed by atoms with Gasteiger partial charge in [-0.25, -0.2) is 9.28 Å². The Hall–Kier alpha value is -0.940. The number of benzene rings is 1. The summed E-state index contributed by atoms with van der Waals surface area (Å²) in [6.45, 7) is 7.14. The van der Waals surface area contributed by atoms with E-state index in [0.717, 1.165) is 23.2 Å². The van der Waals surface area contributed by atoms with Crippen LogP contribution in [0.25, 0.3) is 0 Å². The fourth-order valence-corrected chi connectivity index (χ4v) is 3.63. The second kappa shape index (κ2) is 9.38. The van der Waals surface area contributed by atoms with Crippen LogP contribution in [0, 0.1) is 6.92 Å². The number of aliphatic hydroxyl groups is 1. The van der Waals surface area contributed by atoms with Crippen molar-refractivity contribution in [3.05, 3.63) is 29.3 Å². The molecule has 0 spiro atoms. The van der Waals surface area contributed by atoms with Gasteiger partial charge in [-0.05, 0) is 20.3 Å². The zero-order chi connectivity index (χ0) is 17.5. The van der Waals surface area contributed by atoms with Gasteiger partial charge < -0.3 is 9.84 Å². The number of carbonyl (C=O) groups is 1. The Morgan fingerprint density at radius 2 is 2.13 bits per heavy atom. The Labute approximate surface area is 144 Å². The SMILES string of the molecule is CCc1cccc(C)c1[N+](CCCO)(C(=O)CCl)C(C)COC. The van der Waals surface area contributed by atoms with E-state index in [0.29, 0.717) is 19.6 Å². The van der Waals surface area contributed by atoms with Gasteiger partial charge in [-0.2, -0.15) is 0 Å². The molecule has 0 fully saturated rings. The maximum Gasteiger partial charge on any atom is 0.333 e. The van der Waals surface area contributed by atoms with Gasteiger partial charge in [0.05, 0.1) is 13.2 Å². The van der Waals surface area contributed by atoms with Gasteiger partial charge in [0.25, 0.3) is 0 Å². The predicted molar refractivity (Wildman–Crippen MR) is 96.0 cm³/mol. The highest BCUT2D eigenvalue weighted by Crippen LogP contribution is 2.35. The van der Waals surface area contributed by atoms with Gasteiger partial charge in [0.1, 0.15) is 17.6 Å². The molecule has 0 heterocycles. The van der Waals surface area contributed by atoms with Gasteiger partial charge in [0.15, 0.2) is 0 Å². The first-order valence-electron chi connectivity index (χ1n) is 8.15. The number of alkyl halides is 1. The number of ether oxygens (including phenoxy) is 1. The summed E-state index contributed by atoms with van der Waals surface area (Å²) in [5.41, 5.74) is 3.23. The lowest BCUT2D eigenvalue weighted by atomic mass is 9.99. The number of amides is 1. The van der Waals surface area contributed by atoms with Crippen LogP contribution in [-0.2, 0) is 16.0 Å². The van der Waals surface area contributed by atoms with Gasteiger partial charge in [-0.1, -0.05) is 25.1 Å². The molecule has 4 nitrogen and oxygen atoms in total. The van der Waals surface area contributed by atoms with Crippen LogP contribution in [-0.4, -0.2) is 49.8 Å². The minimum Gasteiger partial charge on any atom is -0.396 e. The minimum atomic E-state index is -0.0794. The number of halogens is 1. The minimum absolute atomic E-state index is 0.0443. The molecule has 0 bridgehead atoms. The molecule has 0 aromatic heterocycles. The van der Waals surface area contributed by atoms with Crippen LogP contribution >= 0.6 is 11.6 Å². The van der Waals surface area contributed by atoms with E-state index in [1.54, 1.807) is 7.11 Å². The molecule has 0 aliphatic heterocycles. The number of aliphatic hydroxyl groups excluding tert-OH is 1. The third-order valence-electron chi connectivity index (χ3n) is 4.49. The molecule has 0 saturated carbocycles. The molecule has 0 aliphatic carbocycles. The normalized spacial score (nSPS) is 15.2. The maximum absolute atomic E-state index is 13.0. The zero-order valence-electron chi connectivity index (χ0n) is 14.6. The molecule has 0 radical (unpaired) electrons. The lowest BCUT2D eigenvalue weighted by Gasteiger charge is -2.42. The molecule has 0 aliphatic rings. The smallest absolute Gasteiger partial charge is 0.333 e. The third kappa shape index (κ3) is 4.13. The van der Waals surface area contributed by atoms with Gasteiger partial charge >= 0.3 is 5.91 Å². The average molecular weight is 343 g/mol. The number of methoxy groups -OCH3 is 1. The van der Waals surface area contributed by atoms with Crippen LogP contribution in [0.1, 0.15) is 31.4 Å². The molecule has 1 aromatic carbocycles. The molecular formula is C18H29ClNO3+. The van der Waals surface area contributed by atoms with E-state index in [2.05, 4.69) is 13.0 Å². The van der Waals surface area contributed by atoms with E-state index in [1.165, 1.54) is 0 Å². The van der Waals surface area contributed by atoms with E-state index in [9.17, 15) is 9.90 Å². The Kier molecular flexibility index (Phi) is 8.20. The molecule has 2 atom stereocenters. The number of rotatable bonds is 9. The van der Waals surface area contributed by atoms with Crippen molar-refractivity contribution in [2.75, 3.05) is 32.7 Å². The molecule has 1 N–H and O–H groups in total. The highest BCUT2D eigenvalue weighted by molar-refractivity contribution is 6.28. The van der Waals surface area contributed by atoms with Crippen molar-refractivity contribution in [1.29, 1.82) is 0 Å².